The van der Waals surface area contributed by atoms with Crippen LogP contribution in [0.25, 0.3) is 5.57 Å². The number of anilines is 2. The van der Waals surface area contributed by atoms with Crippen LogP contribution in [0.5, 0.6) is 0 Å². The number of nitrogens with zero attached hydrogens (tertiary/aromatic N) is 2. The third kappa shape index (κ3) is 4.91. The average molecular weight is 496 g/mol. The van der Waals surface area contributed by atoms with Crippen molar-refractivity contribution in [2.45, 2.75) is 20.3 Å². The molecule has 2 aliphatic heterocycles. The Bertz CT molecular complexity index is 1180. The molecule has 0 aliphatic carbocycles. The molecule has 4 rings (SSSR count). The topological polar surface area (TPSA) is 79.0 Å². The van der Waals surface area contributed by atoms with Gasteiger partial charge in [-0.1, -0.05) is 59.9 Å². The van der Waals surface area contributed by atoms with Crippen LogP contribution in [0.2, 0.25) is 0 Å². The van der Waals surface area contributed by atoms with E-state index in [1.54, 1.807) is 18.2 Å². The molecule has 0 spiro atoms. The number of hydrogen-bond acceptors (Lipinski definition) is 6. The summed E-state index contributed by atoms with van der Waals surface area (Å²) in [5, 5.41) is 2.83. The molecule has 0 saturated carbocycles. The standard InChI is InChI=1S/C25H25N3O4S2/c1-3-32-14-6-13-27-24(31)22(34-25(27)33)21-18-7-4-5-8-19(18)28(23(21)30)15-20(29)26-17-11-9-16(2)10-12-17/h4-5,7-12H,3,6,13-15H2,1-2H3,(H,26,29). The molecule has 1 fully saturated rings. The number of rotatable bonds is 8. The van der Waals surface area contributed by atoms with Gasteiger partial charge in [0.2, 0.25) is 5.91 Å². The van der Waals surface area contributed by atoms with Gasteiger partial charge in [0.05, 0.1) is 16.2 Å². The molecular weight excluding hydrogens is 470 g/mol. The number of nitrogens with one attached hydrogen (secondary N) is 1. The van der Waals surface area contributed by atoms with E-state index in [1.165, 1.54) is 9.80 Å². The molecule has 3 amide bonds. The van der Waals surface area contributed by atoms with E-state index >= 15 is 0 Å². The summed E-state index contributed by atoms with van der Waals surface area (Å²) in [6.07, 6.45) is 0.652. The van der Waals surface area contributed by atoms with E-state index < -0.39 is 0 Å². The molecule has 1 N–H and O–H groups in total. The number of thioether (sulfide) groups is 1. The fourth-order valence-corrected chi connectivity index (χ4v) is 5.23. The normalized spacial score (nSPS) is 17.5. The van der Waals surface area contributed by atoms with Crippen molar-refractivity contribution in [1.82, 2.24) is 4.90 Å². The van der Waals surface area contributed by atoms with E-state index in [1.807, 2.05) is 44.2 Å². The molecule has 0 aromatic heterocycles. The third-order valence-corrected chi connectivity index (χ3v) is 6.96. The number of para-hydroxylation sites is 1. The Morgan fingerprint density at radius 3 is 2.53 bits per heavy atom. The first-order chi connectivity index (χ1) is 16.4. The first-order valence-corrected chi connectivity index (χ1v) is 12.3. The van der Waals surface area contributed by atoms with E-state index in [4.69, 9.17) is 17.0 Å². The maximum Gasteiger partial charge on any atom is 0.267 e. The quantitative estimate of drug-likeness (QED) is 0.339. The Kier molecular flexibility index (Phi) is 7.45. The number of fused-ring (bicyclic) bond motifs is 1. The molecule has 2 aromatic carbocycles. The second kappa shape index (κ2) is 10.5. The van der Waals surface area contributed by atoms with Crippen molar-refractivity contribution in [3.05, 3.63) is 64.6 Å². The van der Waals surface area contributed by atoms with Crippen molar-refractivity contribution < 1.29 is 19.1 Å². The monoisotopic (exact) mass is 495 g/mol. The van der Waals surface area contributed by atoms with Crippen molar-refractivity contribution in [2.75, 3.05) is 36.5 Å². The van der Waals surface area contributed by atoms with Crippen LogP contribution >= 0.6 is 24.0 Å². The van der Waals surface area contributed by atoms with Gasteiger partial charge in [0, 0.05) is 31.0 Å². The van der Waals surface area contributed by atoms with E-state index in [-0.39, 0.29) is 24.3 Å². The fraction of sp³-hybridized carbons (Fsp3) is 0.280. The van der Waals surface area contributed by atoms with Crippen LogP contribution in [-0.2, 0) is 19.1 Å². The predicted molar refractivity (Wildman–Crippen MR) is 139 cm³/mol. The molecule has 0 bridgehead atoms. The zero-order valence-corrected chi connectivity index (χ0v) is 20.6. The highest BCUT2D eigenvalue weighted by molar-refractivity contribution is 8.26. The van der Waals surface area contributed by atoms with Crippen LogP contribution in [-0.4, -0.2) is 53.2 Å². The summed E-state index contributed by atoms with van der Waals surface area (Å²) in [5.74, 6) is -0.984. The molecule has 9 heteroatoms. The lowest BCUT2D eigenvalue weighted by Crippen LogP contribution is -2.35. The van der Waals surface area contributed by atoms with Crippen molar-refractivity contribution in [2.24, 2.45) is 0 Å². The van der Waals surface area contributed by atoms with Crippen LogP contribution in [0.4, 0.5) is 11.4 Å². The zero-order valence-electron chi connectivity index (χ0n) is 19.0. The van der Waals surface area contributed by atoms with Gasteiger partial charge in [-0.2, -0.15) is 0 Å². The van der Waals surface area contributed by atoms with Gasteiger partial charge in [0.1, 0.15) is 10.9 Å². The van der Waals surface area contributed by atoms with E-state index in [0.717, 1.165) is 17.3 Å². The number of ether oxygens (including phenoxy) is 1. The Labute approximate surface area is 208 Å². The number of amides is 3. The minimum atomic E-state index is -0.380. The maximum atomic E-state index is 13.5. The Morgan fingerprint density at radius 2 is 1.79 bits per heavy atom. The summed E-state index contributed by atoms with van der Waals surface area (Å²) in [4.78, 5) is 42.6. The van der Waals surface area contributed by atoms with E-state index in [2.05, 4.69) is 5.32 Å². The molecule has 0 atom stereocenters. The Hall–Kier alpha value is -3.01. The van der Waals surface area contributed by atoms with Crippen molar-refractivity contribution in [1.29, 1.82) is 0 Å². The van der Waals surface area contributed by atoms with Crippen LogP contribution < -0.4 is 10.2 Å². The first-order valence-electron chi connectivity index (χ1n) is 11.0. The third-order valence-electron chi connectivity index (χ3n) is 5.51. The van der Waals surface area contributed by atoms with E-state index in [9.17, 15) is 14.4 Å². The summed E-state index contributed by atoms with van der Waals surface area (Å²) in [7, 11) is 0. The molecule has 176 valence electrons. The summed E-state index contributed by atoms with van der Waals surface area (Å²) in [6, 6.07) is 14.6. The highest BCUT2D eigenvalue weighted by Gasteiger charge is 2.42. The molecule has 2 aromatic rings. The summed E-state index contributed by atoms with van der Waals surface area (Å²) < 4.78 is 5.78. The highest BCUT2D eigenvalue weighted by atomic mass is 32.2. The Balaban J connectivity index is 1.57. The maximum absolute atomic E-state index is 13.5. The summed E-state index contributed by atoms with van der Waals surface area (Å²) in [5.41, 5.74) is 3.27. The molecule has 34 heavy (non-hydrogen) atoms. The van der Waals surface area contributed by atoms with Gasteiger partial charge in [0.25, 0.3) is 11.8 Å². The number of benzene rings is 2. The van der Waals surface area contributed by atoms with Crippen molar-refractivity contribution in [3.63, 3.8) is 0 Å². The highest BCUT2D eigenvalue weighted by Crippen LogP contribution is 2.44. The average Bonchev–Trinajstić information content (AvgIpc) is 3.25. The summed E-state index contributed by atoms with van der Waals surface area (Å²) >= 11 is 6.56. The first kappa shape index (κ1) is 24.1. The van der Waals surface area contributed by atoms with Gasteiger partial charge in [0.15, 0.2) is 0 Å². The fourth-order valence-electron chi connectivity index (χ4n) is 3.85. The molecule has 1 saturated heterocycles. The zero-order chi connectivity index (χ0) is 24.2. The molecule has 2 heterocycles. The van der Waals surface area contributed by atoms with Crippen LogP contribution in [0.15, 0.2) is 53.4 Å². The number of carbonyl (C=O) groups excluding carboxylic acids is 3. The molecule has 0 unspecified atom stereocenters. The lowest BCUT2D eigenvalue weighted by Gasteiger charge is -2.17. The van der Waals surface area contributed by atoms with Crippen molar-refractivity contribution in [3.8, 4) is 0 Å². The predicted octanol–water partition coefficient (Wildman–Crippen LogP) is 3.98. The van der Waals surface area contributed by atoms with Gasteiger partial charge in [-0.05, 0) is 38.5 Å². The smallest absolute Gasteiger partial charge is 0.267 e. The van der Waals surface area contributed by atoms with Crippen LogP contribution in [0, 0.1) is 6.92 Å². The minimum Gasteiger partial charge on any atom is -0.382 e. The summed E-state index contributed by atoms with van der Waals surface area (Å²) in [6.45, 7) is 5.29. The SMILES string of the molecule is CCOCCCN1C(=O)C(=C2C(=O)N(CC(=O)Nc3ccc(C)cc3)c3ccccc32)SC1=S. The van der Waals surface area contributed by atoms with Gasteiger partial charge in [-0.3, -0.25) is 24.2 Å². The van der Waals surface area contributed by atoms with Gasteiger partial charge < -0.3 is 10.1 Å². The van der Waals surface area contributed by atoms with Crippen LogP contribution in [0.1, 0.15) is 24.5 Å². The Morgan fingerprint density at radius 1 is 1.06 bits per heavy atom. The number of aryl methyl sites for hydroxylation is 1. The number of thiocarbonyl (C=S) groups is 1. The lowest BCUT2D eigenvalue weighted by atomic mass is 10.1. The molecule has 2 aliphatic rings. The van der Waals surface area contributed by atoms with Crippen molar-refractivity contribution >= 4 is 63.0 Å². The number of hydrogen-bond donors (Lipinski definition) is 1. The molecule has 7 nitrogen and oxygen atoms in total. The van der Waals surface area contributed by atoms with Gasteiger partial charge in [-0.25, -0.2) is 0 Å². The van der Waals surface area contributed by atoms with Gasteiger partial charge in [-0.15, -0.1) is 0 Å². The second-order valence-electron chi connectivity index (χ2n) is 7.90. The van der Waals surface area contributed by atoms with E-state index in [0.29, 0.717) is 57.9 Å². The molecular formula is C25H25N3O4S2. The largest absolute Gasteiger partial charge is 0.382 e. The lowest BCUT2D eigenvalue weighted by molar-refractivity contribution is -0.122. The van der Waals surface area contributed by atoms with Crippen LogP contribution in [0.3, 0.4) is 0 Å². The number of carbonyl (C=O) groups is 3. The minimum absolute atomic E-state index is 0.165. The van der Waals surface area contributed by atoms with Gasteiger partial charge >= 0.3 is 0 Å². The second-order valence-corrected chi connectivity index (χ2v) is 9.55. The molecule has 0 radical (unpaired) electrons.